The molecule has 0 unspecified atom stereocenters. The molecule has 0 atom stereocenters. The molecule has 1 aliphatic rings. The molecule has 1 aliphatic heterocycles. The van der Waals surface area contributed by atoms with Crippen LogP contribution >= 0.6 is 11.3 Å². The number of para-hydroxylation sites is 1. The van der Waals surface area contributed by atoms with Crippen LogP contribution in [0.15, 0.2) is 36.0 Å². The topological polar surface area (TPSA) is 51.2 Å². The van der Waals surface area contributed by atoms with Crippen LogP contribution in [-0.2, 0) is 10.7 Å². The predicted octanol–water partition coefficient (Wildman–Crippen LogP) is 4.06. The molecule has 0 saturated carbocycles. The van der Waals surface area contributed by atoms with Crippen LogP contribution in [0, 0.1) is 0 Å². The Balaban J connectivity index is 1.90. The summed E-state index contributed by atoms with van der Waals surface area (Å²) in [6.07, 6.45) is 4.70. The van der Waals surface area contributed by atoms with Gasteiger partial charge in [-0.05, 0) is 26.0 Å². The van der Waals surface area contributed by atoms with Crippen molar-refractivity contribution in [1.29, 1.82) is 0 Å². The first-order valence-corrected chi connectivity index (χ1v) is 7.77. The number of benzene rings is 1. The molecule has 0 spiro atoms. The number of aromatic nitrogens is 1. The van der Waals surface area contributed by atoms with Gasteiger partial charge in [0, 0.05) is 11.8 Å². The second kappa shape index (κ2) is 5.42. The molecule has 4 nitrogen and oxygen atoms in total. The summed E-state index contributed by atoms with van der Waals surface area (Å²) in [5, 5.41) is 2.27. The molecule has 3 rings (SSSR count). The van der Waals surface area contributed by atoms with Crippen molar-refractivity contribution < 1.29 is 18.3 Å². The first-order valence-electron chi connectivity index (χ1n) is 6.89. The van der Waals surface area contributed by atoms with Crippen LogP contribution in [0.3, 0.4) is 0 Å². The van der Waals surface area contributed by atoms with Gasteiger partial charge in [0.1, 0.15) is 10.5 Å². The Bertz CT molecular complexity index is 770. The number of thiazole rings is 1. The molecule has 0 aliphatic carbocycles. The van der Waals surface area contributed by atoms with E-state index in [-0.39, 0.29) is 5.69 Å². The fraction of sp³-hybridized carbons (Fsp3) is 0.250. The van der Waals surface area contributed by atoms with Gasteiger partial charge in [-0.1, -0.05) is 18.2 Å². The largest absolute Gasteiger partial charge is 0.481 e. The van der Waals surface area contributed by atoms with Crippen LogP contribution < -0.4 is 10.1 Å². The number of alkyl halides is 2. The Morgan fingerprint density at radius 3 is 2.87 bits per heavy atom. The number of halogens is 2. The van der Waals surface area contributed by atoms with Crippen molar-refractivity contribution in [3.63, 3.8) is 0 Å². The van der Waals surface area contributed by atoms with Gasteiger partial charge in [-0.3, -0.25) is 9.78 Å². The van der Waals surface area contributed by atoms with Gasteiger partial charge in [0.05, 0.1) is 11.2 Å². The van der Waals surface area contributed by atoms with E-state index in [0.29, 0.717) is 5.75 Å². The Hall–Kier alpha value is -2.28. The van der Waals surface area contributed by atoms with Crippen LogP contribution in [0.25, 0.3) is 6.08 Å². The van der Waals surface area contributed by atoms with Crippen molar-refractivity contribution in [3.8, 4) is 5.75 Å². The van der Waals surface area contributed by atoms with Gasteiger partial charge in [-0.2, -0.15) is 8.78 Å². The van der Waals surface area contributed by atoms with E-state index in [4.69, 9.17) is 4.74 Å². The highest BCUT2D eigenvalue weighted by Crippen LogP contribution is 2.39. The molecule has 1 aromatic carbocycles. The van der Waals surface area contributed by atoms with Gasteiger partial charge in [0.25, 0.3) is 0 Å². The molecule has 1 aromatic heterocycles. The molecule has 23 heavy (non-hydrogen) atoms. The molecule has 120 valence electrons. The molecule has 1 amide bonds. The number of nitrogens with one attached hydrogen (secondary N) is 1. The third kappa shape index (κ3) is 2.96. The van der Waals surface area contributed by atoms with Crippen LogP contribution in [0.4, 0.5) is 14.5 Å². The summed E-state index contributed by atoms with van der Waals surface area (Å²) < 4.78 is 34.1. The molecule has 0 fully saturated rings. The summed E-state index contributed by atoms with van der Waals surface area (Å²) in [6.45, 7) is 3.69. The third-order valence-electron chi connectivity index (χ3n) is 3.35. The fourth-order valence-electron chi connectivity index (χ4n) is 2.17. The molecular formula is C16H14F2N2O2S. The summed E-state index contributed by atoms with van der Waals surface area (Å²) in [7, 11) is 0. The number of hydrogen-bond acceptors (Lipinski definition) is 4. The number of carbonyl (C=O) groups is 1. The third-order valence-corrected chi connectivity index (χ3v) is 4.19. The second-order valence-corrected chi connectivity index (χ2v) is 6.54. The highest BCUT2D eigenvalue weighted by Gasteiger charge is 2.43. The molecule has 0 saturated heterocycles. The first kappa shape index (κ1) is 15.6. The van der Waals surface area contributed by atoms with Gasteiger partial charge in [-0.15, -0.1) is 11.3 Å². The average Bonchev–Trinajstić information content (AvgIpc) is 3.02. The van der Waals surface area contributed by atoms with Crippen LogP contribution in [0.5, 0.6) is 5.75 Å². The molecule has 1 N–H and O–H groups in total. The normalized spacial score (nSPS) is 15.7. The zero-order valence-corrected chi connectivity index (χ0v) is 13.3. The van der Waals surface area contributed by atoms with E-state index >= 15 is 0 Å². The fourth-order valence-corrected chi connectivity index (χ4v) is 2.77. The lowest BCUT2D eigenvalue weighted by atomic mass is 10.0. The highest BCUT2D eigenvalue weighted by molar-refractivity contribution is 7.09. The Kier molecular flexibility index (Phi) is 3.68. The summed E-state index contributed by atoms with van der Waals surface area (Å²) >= 11 is 0.733. The lowest BCUT2D eigenvalue weighted by Gasteiger charge is -2.29. The SMILES string of the molecule is CC1(C)C=Cc2cccc(NC(=O)C(F)(F)c3cncs3)c2O1. The van der Waals surface area contributed by atoms with Gasteiger partial charge in [0.15, 0.2) is 5.75 Å². The molecular weight excluding hydrogens is 322 g/mol. The second-order valence-electron chi connectivity index (χ2n) is 5.66. The number of carbonyl (C=O) groups excluding carboxylic acids is 1. The number of amides is 1. The van der Waals surface area contributed by atoms with Crippen LogP contribution in [-0.4, -0.2) is 16.5 Å². The van der Waals surface area contributed by atoms with E-state index in [1.165, 1.54) is 11.6 Å². The number of hydrogen-bond donors (Lipinski definition) is 1. The van der Waals surface area contributed by atoms with E-state index in [2.05, 4.69) is 10.3 Å². The molecule has 2 aromatic rings. The van der Waals surface area contributed by atoms with Crippen LogP contribution in [0.2, 0.25) is 0 Å². The number of rotatable bonds is 3. The molecule has 0 bridgehead atoms. The number of nitrogens with zero attached hydrogens (tertiary/aromatic N) is 1. The predicted molar refractivity (Wildman–Crippen MR) is 84.8 cm³/mol. The van der Waals surface area contributed by atoms with Gasteiger partial charge < -0.3 is 10.1 Å². The van der Waals surface area contributed by atoms with Gasteiger partial charge >= 0.3 is 11.8 Å². The van der Waals surface area contributed by atoms with E-state index in [1.807, 2.05) is 26.0 Å². The quantitative estimate of drug-likeness (QED) is 0.920. The summed E-state index contributed by atoms with van der Waals surface area (Å²) in [5.41, 5.74) is 1.63. The maximum atomic E-state index is 14.2. The maximum Gasteiger partial charge on any atom is 0.360 e. The van der Waals surface area contributed by atoms with Crippen molar-refractivity contribution in [2.45, 2.75) is 25.4 Å². The monoisotopic (exact) mass is 336 g/mol. The smallest absolute Gasteiger partial charge is 0.360 e. The summed E-state index contributed by atoms with van der Waals surface area (Å²) in [4.78, 5) is 15.2. The molecule has 2 heterocycles. The van der Waals surface area contributed by atoms with Crippen molar-refractivity contribution in [1.82, 2.24) is 4.98 Å². The number of ether oxygens (including phenoxy) is 1. The highest BCUT2D eigenvalue weighted by atomic mass is 32.1. The molecule has 7 heteroatoms. The zero-order valence-electron chi connectivity index (χ0n) is 12.5. The minimum Gasteiger partial charge on any atom is -0.481 e. The van der Waals surface area contributed by atoms with Crippen molar-refractivity contribution in [3.05, 3.63) is 46.4 Å². The van der Waals surface area contributed by atoms with E-state index in [0.717, 1.165) is 23.1 Å². The Morgan fingerprint density at radius 2 is 2.17 bits per heavy atom. The zero-order chi connectivity index (χ0) is 16.7. The van der Waals surface area contributed by atoms with E-state index < -0.39 is 22.3 Å². The van der Waals surface area contributed by atoms with Crippen molar-refractivity contribution >= 4 is 29.0 Å². The first-order chi connectivity index (χ1) is 10.8. The van der Waals surface area contributed by atoms with Crippen molar-refractivity contribution in [2.24, 2.45) is 0 Å². The Labute approximate surface area is 135 Å². The number of fused-ring (bicyclic) bond motifs is 1. The maximum absolute atomic E-state index is 14.2. The lowest BCUT2D eigenvalue weighted by molar-refractivity contribution is -0.140. The standard InChI is InChI=1S/C16H14F2N2O2S/c1-15(2)7-6-10-4-3-5-11(13(10)22-15)20-14(21)16(17,18)12-8-19-9-23-12/h3-9H,1-2H3,(H,20,21). The van der Waals surface area contributed by atoms with E-state index in [1.54, 1.807) is 12.1 Å². The van der Waals surface area contributed by atoms with Gasteiger partial charge in [-0.25, -0.2) is 0 Å². The Morgan fingerprint density at radius 1 is 1.39 bits per heavy atom. The molecule has 0 radical (unpaired) electrons. The average molecular weight is 336 g/mol. The number of anilines is 1. The minimum atomic E-state index is -3.65. The van der Waals surface area contributed by atoms with E-state index in [9.17, 15) is 13.6 Å². The summed E-state index contributed by atoms with van der Waals surface area (Å²) in [5.74, 6) is -4.68. The minimum absolute atomic E-state index is 0.217. The summed E-state index contributed by atoms with van der Waals surface area (Å²) in [6, 6.07) is 5.00. The van der Waals surface area contributed by atoms with Crippen LogP contribution in [0.1, 0.15) is 24.3 Å². The van der Waals surface area contributed by atoms with Crippen molar-refractivity contribution in [2.75, 3.05) is 5.32 Å². The van der Waals surface area contributed by atoms with Gasteiger partial charge in [0.2, 0.25) is 0 Å². The lowest BCUT2D eigenvalue weighted by Crippen LogP contribution is -2.33.